The largest absolute Gasteiger partial charge is 0.468 e. The molecule has 0 N–H and O–H groups in total. The van der Waals surface area contributed by atoms with Crippen molar-refractivity contribution in [3.8, 4) is 0 Å². The maximum absolute atomic E-state index is 12.7. The lowest BCUT2D eigenvalue weighted by molar-refractivity contribution is -0.123. The Balaban J connectivity index is 1.68. The van der Waals surface area contributed by atoms with Gasteiger partial charge in [0.15, 0.2) is 9.84 Å². The number of furan rings is 1. The zero-order chi connectivity index (χ0) is 16.7. The predicted molar refractivity (Wildman–Crippen MR) is 89.3 cm³/mol. The molecule has 2 aromatic rings. The van der Waals surface area contributed by atoms with Crippen LogP contribution in [0.25, 0.3) is 0 Å². The summed E-state index contributed by atoms with van der Waals surface area (Å²) in [6.45, 7) is 0.629. The molecule has 0 aliphatic carbocycles. The average Bonchev–Trinajstić information content (AvgIpc) is 3.15. The summed E-state index contributed by atoms with van der Waals surface area (Å²) in [5, 5.41) is 0. The van der Waals surface area contributed by atoms with Crippen molar-refractivity contribution in [2.75, 3.05) is 23.0 Å². The number of carbonyl (C=O) groups is 1. The summed E-state index contributed by atoms with van der Waals surface area (Å²) in [7, 11) is -3.17. The Labute approximate surface area is 140 Å². The first kappa shape index (κ1) is 15.4. The second kappa shape index (κ2) is 5.75. The molecule has 1 aromatic heterocycles. The molecule has 24 heavy (non-hydrogen) atoms. The molecule has 6 nitrogen and oxygen atoms in total. The van der Waals surface area contributed by atoms with Crippen molar-refractivity contribution < 1.29 is 17.6 Å². The zero-order valence-corrected chi connectivity index (χ0v) is 13.9. The van der Waals surface area contributed by atoms with Gasteiger partial charge in [0, 0.05) is 11.7 Å². The summed E-state index contributed by atoms with van der Waals surface area (Å²) >= 11 is 0. The van der Waals surface area contributed by atoms with Crippen LogP contribution in [0, 0.1) is 0 Å². The summed E-state index contributed by atoms with van der Waals surface area (Å²) in [5.41, 5.74) is 0.757. The SMILES string of the molecule is O=C1CN(Cc2ccco2)C2CS(=O)(=O)CC2N1c1ccccc1. The number of nitrogens with zero attached hydrogens (tertiary/aromatic N) is 2. The van der Waals surface area contributed by atoms with Gasteiger partial charge in [0.05, 0.1) is 36.9 Å². The van der Waals surface area contributed by atoms with Crippen molar-refractivity contribution in [3.05, 3.63) is 54.5 Å². The quantitative estimate of drug-likeness (QED) is 0.838. The highest BCUT2D eigenvalue weighted by molar-refractivity contribution is 7.91. The Kier molecular flexibility index (Phi) is 3.69. The smallest absolute Gasteiger partial charge is 0.241 e. The Bertz CT molecular complexity index is 833. The van der Waals surface area contributed by atoms with Gasteiger partial charge in [-0.1, -0.05) is 18.2 Å². The van der Waals surface area contributed by atoms with Crippen molar-refractivity contribution in [1.82, 2.24) is 4.90 Å². The molecule has 1 amide bonds. The molecule has 0 bridgehead atoms. The van der Waals surface area contributed by atoms with Crippen LogP contribution in [0.3, 0.4) is 0 Å². The van der Waals surface area contributed by atoms with E-state index in [0.717, 1.165) is 11.4 Å². The third-order valence-corrected chi connectivity index (χ3v) is 6.37. The number of hydrogen-bond donors (Lipinski definition) is 0. The second-order valence-corrected chi connectivity index (χ2v) is 8.45. The molecule has 2 fully saturated rings. The van der Waals surface area contributed by atoms with E-state index >= 15 is 0 Å². The first-order valence-electron chi connectivity index (χ1n) is 7.87. The lowest BCUT2D eigenvalue weighted by Gasteiger charge is -2.43. The topological polar surface area (TPSA) is 70.8 Å². The van der Waals surface area contributed by atoms with Crippen LogP contribution in [0.5, 0.6) is 0 Å². The van der Waals surface area contributed by atoms with E-state index in [9.17, 15) is 13.2 Å². The van der Waals surface area contributed by atoms with Crippen LogP contribution < -0.4 is 4.90 Å². The predicted octanol–water partition coefficient (Wildman–Crippen LogP) is 1.29. The lowest BCUT2D eigenvalue weighted by Crippen LogP contribution is -2.61. The van der Waals surface area contributed by atoms with E-state index in [0.29, 0.717) is 6.54 Å². The molecule has 0 spiro atoms. The number of sulfone groups is 1. The van der Waals surface area contributed by atoms with Gasteiger partial charge in [0.2, 0.25) is 5.91 Å². The van der Waals surface area contributed by atoms with Crippen LogP contribution in [0.2, 0.25) is 0 Å². The number of hydrogen-bond acceptors (Lipinski definition) is 5. The molecule has 2 atom stereocenters. The zero-order valence-electron chi connectivity index (χ0n) is 13.0. The van der Waals surface area contributed by atoms with E-state index in [1.165, 1.54) is 0 Å². The monoisotopic (exact) mass is 346 g/mol. The van der Waals surface area contributed by atoms with Crippen LogP contribution in [0.1, 0.15) is 5.76 Å². The third-order valence-electron chi connectivity index (χ3n) is 4.67. The van der Waals surface area contributed by atoms with Crippen LogP contribution in [0.15, 0.2) is 53.1 Å². The first-order chi connectivity index (χ1) is 11.5. The Morgan fingerprint density at radius 2 is 1.79 bits per heavy atom. The Hall–Kier alpha value is -2.12. The highest BCUT2D eigenvalue weighted by Crippen LogP contribution is 2.32. The number of anilines is 1. The minimum absolute atomic E-state index is 0.00690. The molecule has 2 aliphatic heterocycles. The fourth-order valence-electron chi connectivity index (χ4n) is 3.66. The average molecular weight is 346 g/mol. The van der Waals surface area contributed by atoms with Gasteiger partial charge in [-0.05, 0) is 24.3 Å². The van der Waals surface area contributed by atoms with Crippen LogP contribution in [-0.4, -0.2) is 49.4 Å². The van der Waals surface area contributed by atoms with Gasteiger partial charge >= 0.3 is 0 Å². The minimum Gasteiger partial charge on any atom is -0.468 e. The number of rotatable bonds is 3. The molecule has 4 rings (SSSR count). The molecule has 126 valence electrons. The van der Waals surface area contributed by atoms with E-state index in [1.54, 1.807) is 17.2 Å². The molecule has 1 aromatic carbocycles. The van der Waals surface area contributed by atoms with Crippen LogP contribution in [-0.2, 0) is 21.2 Å². The van der Waals surface area contributed by atoms with Gasteiger partial charge in [0.25, 0.3) is 0 Å². The van der Waals surface area contributed by atoms with Crippen LogP contribution in [0.4, 0.5) is 5.69 Å². The maximum atomic E-state index is 12.7. The molecule has 0 radical (unpaired) electrons. The van der Waals surface area contributed by atoms with Gasteiger partial charge in [-0.3, -0.25) is 9.69 Å². The number of carbonyl (C=O) groups excluding carboxylic acids is 1. The van der Waals surface area contributed by atoms with E-state index < -0.39 is 9.84 Å². The molecular formula is C17H18N2O4S. The molecule has 3 heterocycles. The summed E-state index contributed by atoms with van der Waals surface area (Å²) in [5.74, 6) is 0.743. The number of para-hydroxylation sites is 1. The van der Waals surface area contributed by atoms with Crippen molar-refractivity contribution in [1.29, 1.82) is 0 Å². The fourth-order valence-corrected chi connectivity index (χ4v) is 5.64. The second-order valence-electron chi connectivity index (χ2n) is 6.30. The third kappa shape index (κ3) is 2.74. The van der Waals surface area contributed by atoms with Gasteiger partial charge in [-0.25, -0.2) is 8.42 Å². The Morgan fingerprint density at radius 1 is 1.04 bits per heavy atom. The van der Waals surface area contributed by atoms with Crippen molar-refractivity contribution >= 4 is 21.4 Å². The number of benzene rings is 1. The molecule has 2 aliphatic rings. The van der Waals surface area contributed by atoms with Gasteiger partial charge in [0.1, 0.15) is 5.76 Å². The number of amides is 1. The summed E-state index contributed by atoms with van der Waals surface area (Å²) in [6.07, 6.45) is 1.58. The Morgan fingerprint density at radius 3 is 2.50 bits per heavy atom. The summed E-state index contributed by atoms with van der Waals surface area (Å²) in [4.78, 5) is 16.3. The maximum Gasteiger partial charge on any atom is 0.241 e. The van der Waals surface area contributed by atoms with Crippen molar-refractivity contribution in [3.63, 3.8) is 0 Å². The highest BCUT2D eigenvalue weighted by Gasteiger charge is 2.49. The normalized spacial score (nSPS) is 26.5. The lowest BCUT2D eigenvalue weighted by atomic mass is 10.0. The summed E-state index contributed by atoms with van der Waals surface area (Å²) < 4.78 is 29.8. The van der Waals surface area contributed by atoms with E-state index in [4.69, 9.17) is 4.42 Å². The first-order valence-corrected chi connectivity index (χ1v) is 9.70. The van der Waals surface area contributed by atoms with E-state index in [-0.39, 0.29) is 36.0 Å². The molecular weight excluding hydrogens is 328 g/mol. The molecule has 0 saturated carbocycles. The molecule has 7 heteroatoms. The molecule has 2 unspecified atom stereocenters. The minimum atomic E-state index is -3.17. The van der Waals surface area contributed by atoms with Crippen LogP contribution >= 0.6 is 0 Å². The molecule has 2 saturated heterocycles. The standard InChI is InChI=1S/C17H18N2O4S/c20-17-10-18(9-14-7-4-8-23-14)15-11-24(21,22)12-16(15)19(17)13-5-2-1-3-6-13/h1-8,15-16H,9-12H2. The highest BCUT2D eigenvalue weighted by atomic mass is 32.2. The van der Waals surface area contributed by atoms with E-state index in [2.05, 4.69) is 0 Å². The van der Waals surface area contributed by atoms with E-state index in [1.807, 2.05) is 41.3 Å². The number of fused-ring (bicyclic) bond motifs is 1. The van der Waals surface area contributed by atoms with Crippen molar-refractivity contribution in [2.24, 2.45) is 0 Å². The van der Waals surface area contributed by atoms with Crippen molar-refractivity contribution in [2.45, 2.75) is 18.6 Å². The number of piperazine rings is 1. The fraction of sp³-hybridized carbons (Fsp3) is 0.353. The van der Waals surface area contributed by atoms with Gasteiger partial charge in [-0.2, -0.15) is 0 Å². The summed E-state index contributed by atoms with van der Waals surface area (Å²) in [6, 6.07) is 12.4. The van der Waals surface area contributed by atoms with Gasteiger partial charge < -0.3 is 9.32 Å². The van der Waals surface area contributed by atoms with Gasteiger partial charge in [-0.15, -0.1) is 0 Å².